The second-order valence-electron chi connectivity index (χ2n) is 4.16. The van der Waals surface area contributed by atoms with E-state index in [1.54, 1.807) is 0 Å². The fourth-order valence-electron chi connectivity index (χ4n) is 1.80. The van der Waals surface area contributed by atoms with Gasteiger partial charge in [-0.1, -0.05) is 24.3 Å². The van der Waals surface area contributed by atoms with Gasteiger partial charge in [0.1, 0.15) is 12.4 Å². The topological polar surface area (TPSA) is 21.3 Å². The Morgan fingerprint density at radius 1 is 1.05 bits per heavy atom. The van der Waals surface area contributed by atoms with E-state index in [1.807, 2.05) is 31.3 Å². The van der Waals surface area contributed by atoms with E-state index in [9.17, 15) is 8.78 Å². The van der Waals surface area contributed by atoms with Gasteiger partial charge in [0.15, 0.2) is 11.6 Å². The molecule has 0 saturated carbocycles. The Morgan fingerprint density at radius 3 is 2.53 bits per heavy atom. The predicted octanol–water partition coefficient (Wildman–Crippen LogP) is 3.26. The molecule has 4 heteroatoms. The Bertz CT molecular complexity index is 558. The van der Waals surface area contributed by atoms with E-state index in [-0.39, 0.29) is 12.4 Å². The summed E-state index contributed by atoms with van der Waals surface area (Å²) in [6.45, 7) is 0.906. The lowest BCUT2D eigenvalue weighted by atomic mass is 10.1. The molecule has 0 saturated heterocycles. The standard InChI is InChI=1S/C15H15F2NO/c1-18-9-11-4-2-3-5-12(11)10-19-15-8-13(16)6-7-14(15)17/h2-8,18H,9-10H2,1H3. The van der Waals surface area contributed by atoms with Crippen LogP contribution in [0.1, 0.15) is 11.1 Å². The summed E-state index contributed by atoms with van der Waals surface area (Å²) < 4.78 is 31.8. The number of rotatable bonds is 5. The zero-order valence-corrected chi connectivity index (χ0v) is 10.6. The molecule has 0 spiro atoms. The van der Waals surface area contributed by atoms with Crippen molar-refractivity contribution in [2.45, 2.75) is 13.2 Å². The Hall–Kier alpha value is -1.94. The summed E-state index contributed by atoms with van der Waals surface area (Å²) in [5.74, 6) is -1.15. The summed E-state index contributed by atoms with van der Waals surface area (Å²) >= 11 is 0. The maximum absolute atomic E-state index is 13.4. The molecule has 19 heavy (non-hydrogen) atoms. The van der Waals surface area contributed by atoms with Crippen LogP contribution in [0.2, 0.25) is 0 Å². The van der Waals surface area contributed by atoms with Gasteiger partial charge in [0.25, 0.3) is 0 Å². The van der Waals surface area contributed by atoms with Crippen molar-refractivity contribution in [2.24, 2.45) is 0 Å². The van der Waals surface area contributed by atoms with E-state index < -0.39 is 11.6 Å². The molecule has 1 N–H and O–H groups in total. The quantitative estimate of drug-likeness (QED) is 0.894. The van der Waals surface area contributed by atoms with Gasteiger partial charge in [-0.25, -0.2) is 8.78 Å². The van der Waals surface area contributed by atoms with Crippen molar-refractivity contribution in [3.8, 4) is 5.75 Å². The van der Waals surface area contributed by atoms with Crippen molar-refractivity contribution in [2.75, 3.05) is 7.05 Å². The van der Waals surface area contributed by atoms with Crippen LogP contribution in [0.4, 0.5) is 8.78 Å². The summed E-state index contributed by atoms with van der Waals surface area (Å²) in [4.78, 5) is 0. The van der Waals surface area contributed by atoms with E-state index in [2.05, 4.69) is 5.32 Å². The van der Waals surface area contributed by atoms with Gasteiger partial charge >= 0.3 is 0 Å². The van der Waals surface area contributed by atoms with Crippen molar-refractivity contribution in [1.82, 2.24) is 5.32 Å². The van der Waals surface area contributed by atoms with Gasteiger partial charge < -0.3 is 10.1 Å². The summed E-state index contributed by atoms with van der Waals surface area (Å²) in [5.41, 5.74) is 2.02. The maximum Gasteiger partial charge on any atom is 0.165 e. The highest BCUT2D eigenvalue weighted by molar-refractivity contribution is 5.29. The first kappa shape index (κ1) is 13.5. The van der Waals surface area contributed by atoms with Crippen LogP contribution in [0.15, 0.2) is 42.5 Å². The van der Waals surface area contributed by atoms with Crippen molar-refractivity contribution in [3.05, 3.63) is 65.2 Å². The second-order valence-corrected chi connectivity index (χ2v) is 4.16. The number of hydrogen-bond donors (Lipinski definition) is 1. The lowest BCUT2D eigenvalue weighted by molar-refractivity contribution is 0.287. The first-order chi connectivity index (χ1) is 9.20. The van der Waals surface area contributed by atoms with E-state index in [0.717, 1.165) is 29.3 Å². The van der Waals surface area contributed by atoms with E-state index in [1.165, 1.54) is 0 Å². The molecule has 0 bridgehead atoms. The van der Waals surface area contributed by atoms with Crippen LogP contribution in [-0.2, 0) is 13.2 Å². The lowest BCUT2D eigenvalue weighted by Gasteiger charge is -2.11. The van der Waals surface area contributed by atoms with Crippen LogP contribution in [0.3, 0.4) is 0 Å². The van der Waals surface area contributed by atoms with Crippen molar-refractivity contribution < 1.29 is 13.5 Å². The molecule has 0 aliphatic carbocycles. The first-order valence-electron chi connectivity index (χ1n) is 6.00. The van der Waals surface area contributed by atoms with Gasteiger partial charge in [-0.3, -0.25) is 0 Å². The molecule has 100 valence electrons. The molecule has 2 aromatic rings. The van der Waals surface area contributed by atoms with Gasteiger partial charge in [-0.15, -0.1) is 0 Å². The molecule has 0 unspecified atom stereocenters. The van der Waals surface area contributed by atoms with Crippen LogP contribution in [-0.4, -0.2) is 7.05 Å². The summed E-state index contributed by atoms with van der Waals surface area (Å²) in [7, 11) is 1.85. The Morgan fingerprint density at radius 2 is 1.79 bits per heavy atom. The summed E-state index contributed by atoms with van der Waals surface area (Å²) in [6.07, 6.45) is 0. The van der Waals surface area contributed by atoms with Crippen LogP contribution >= 0.6 is 0 Å². The fourth-order valence-corrected chi connectivity index (χ4v) is 1.80. The zero-order valence-electron chi connectivity index (χ0n) is 10.6. The van der Waals surface area contributed by atoms with Gasteiger partial charge in [-0.2, -0.15) is 0 Å². The number of halogens is 2. The fraction of sp³-hybridized carbons (Fsp3) is 0.200. The normalized spacial score (nSPS) is 10.5. The molecule has 0 atom stereocenters. The maximum atomic E-state index is 13.4. The molecule has 2 rings (SSSR count). The van der Waals surface area contributed by atoms with Crippen LogP contribution < -0.4 is 10.1 Å². The van der Waals surface area contributed by atoms with Gasteiger partial charge in [0.05, 0.1) is 0 Å². The van der Waals surface area contributed by atoms with E-state index >= 15 is 0 Å². The molecule has 0 aromatic heterocycles. The number of nitrogens with one attached hydrogen (secondary N) is 1. The Balaban J connectivity index is 2.12. The van der Waals surface area contributed by atoms with Crippen molar-refractivity contribution in [1.29, 1.82) is 0 Å². The average Bonchev–Trinajstić information content (AvgIpc) is 2.42. The minimum absolute atomic E-state index is 0.0701. The Labute approximate surface area is 111 Å². The summed E-state index contributed by atoms with van der Waals surface area (Å²) in [5, 5.41) is 3.05. The van der Waals surface area contributed by atoms with Crippen molar-refractivity contribution in [3.63, 3.8) is 0 Å². The number of hydrogen-bond acceptors (Lipinski definition) is 2. The second kappa shape index (κ2) is 6.29. The third-order valence-electron chi connectivity index (χ3n) is 2.76. The smallest absolute Gasteiger partial charge is 0.165 e. The highest BCUT2D eigenvalue weighted by Crippen LogP contribution is 2.20. The van der Waals surface area contributed by atoms with Crippen LogP contribution in [0.5, 0.6) is 5.75 Å². The molecule has 2 nitrogen and oxygen atoms in total. The van der Waals surface area contributed by atoms with Gasteiger partial charge in [-0.05, 0) is 30.3 Å². The lowest BCUT2D eigenvalue weighted by Crippen LogP contribution is -2.09. The molecule has 0 aliphatic heterocycles. The minimum Gasteiger partial charge on any atom is -0.486 e. The van der Waals surface area contributed by atoms with Crippen molar-refractivity contribution >= 4 is 0 Å². The van der Waals surface area contributed by atoms with Gasteiger partial charge in [0, 0.05) is 12.6 Å². The highest BCUT2D eigenvalue weighted by atomic mass is 19.1. The third kappa shape index (κ3) is 3.51. The first-order valence-corrected chi connectivity index (χ1v) is 6.00. The zero-order chi connectivity index (χ0) is 13.7. The van der Waals surface area contributed by atoms with Gasteiger partial charge in [0.2, 0.25) is 0 Å². The average molecular weight is 263 g/mol. The molecule has 0 aliphatic rings. The monoisotopic (exact) mass is 263 g/mol. The van der Waals surface area contributed by atoms with E-state index in [4.69, 9.17) is 4.74 Å². The minimum atomic E-state index is -0.563. The molecular weight excluding hydrogens is 248 g/mol. The molecule has 2 aromatic carbocycles. The SMILES string of the molecule is CNCc1ccccc1COc1cc(F)ccc1F. The molecule has 0 heterocycles. The predicted molar refractivity (Wildman–Crippen MR) is 69.9 cm³/mol. The van der Waals surface area contributed by atoms with Crippen LogP contribution in [0, 0.1) is 11.6 Å². The molecule has 0 fully saturated rings. The highest BCUT2D eigenvalue weighted by Gasteiger charge is 2.07. The largest absolute Gasteiger partial charge is 0.486 e. The Kier molecular flexibility index (Phi) is 4.47. The van der Waals surface area contributed by atoms with E-state index in [0.29, 0.717) is 6.54 Å². The number of benzene rings is 2. The molecular formula is C15H15F2NO. The summed E-state index contributed by atoms with van der Waals surface area (Å²) in [6, 6.07) is 10.9. The van der Waals surface area contributed by atoms with Crippen LogP contribution in [0.25, 0.3) is 0 Å². The molecule has 0 amide bonds. The molecule has 0 radical (unpaired) electrons. The number of ether oxygens (including phenoxy) is 1. The third-order valence-corrected chi connectivity index (χ3v) is 2.76.